The zero-order valence-electron chi connectivity index (χ0n) is 36.3. The molecule has 1 saturated carbocycles. The molecule has 3 atom stereocenters. The number of fused-ring (bicyclic) bond motifs is 1. The minimum Gasteiger partial charge on any atom is -0.507 e. The van der Waals surface area contributed by atoms with Crippen molar-refractivity contribution in [3.05, 3.63) is 88.0 Å². The molecule has 0 bridgehead atoms. The van der Waals surface area contributed by atoms with Crippen molar-refractivity contribution in [3.8, 4) is 6.07 Å². The number of likely N-dealkylation sites (tertiary alicyclic amines) is 1. The monoisotopic (exact) mass is 804 g/mol. The SMILES string of the molecule is C=C(/N=C1/C(F)=C(c2ccc(F)c3sc(C(C)CC)c(C#N)c23)C(O)=C/C1=C(/C)N(C)C(CCC(C)CC)C(C)C)OC.C=CC(C)=O.CCN1CCC2(CC2)C1. The Bertz CT molecular complexity index is 1940. The van der Waals surface area contributed by atoms with Gasteiger partial charge in [0.2, 0.25) is 5.88 Å². The van der Waals surface area contributed by atoms with E-state index < -0.39 is 11.6 Å². The number of rotatable bonds is 14. The van der Waals surface area contributed by atoms with E-state index in [1.807, 2.05) is 27.8 Å². The number of halogens is 2. The average Bonchev–Trinajstić information content (AvgIpc) is 3.64. The minimum absolute atomic E-state index is 0.000908. The van der Waals surface area contributed by atoms with Crippen LogP contribution in [0, 0.1) is 34.4 Å². The van der Waals surface area contributed by atoms with E-state index in [1.165, 1.54) is 88.6 Å². The van der Waals surface area contributed by atoms with Gasteiger partial charge in [-0.3, -0.25) is 4.79 Å². The topological polar surface area (TPSA) is 89.2 Å². The summed E-state index contributed by atoms with van der Waals surface area (Å²) < 4.78 is 37.4. The lowest BCUT2D eigenvalue weighted by molar-refractivity contribution is -0.112. The second-order valence-electron chi connectivity index (χ2n) is 16.3. The van der Waals surface area contributed by atoms with Crippen LogP contribution in [-0.4, -0.2) is 66.2 Å². The molecule has 10 heteroatoms. The van der Waals surface area contributed by atoms with Gasteiger partial charge in [-0.15, -0.1) is 11.3 Å². The van der Waals surface area contributed by atoms with Gasteiger partial charge in [-0.2, -0.15) is 5.26 Å². The molecule has 2 aromatic rings. The number of allylic oxidation sites excluding steroid dienone is 6. The Morgan fingerprint density at radius 3 is 2.26 bits per heavy atom. The molecule has 2 fully saturated rings. The molecule has 5 rings (SSSR count). The lowest BCUT2D eigenvalue weighted by atomic mass is 9.87. The fourth-order valence-corrected chi connectivity index (χ4v) is 8.75. The van der Waals surface area contributed by atoms with Crippen LogP contribution in [0.5, 0.6) is 0 Å². The fourth-order valence-electron chi connectivity index (χ4n) is 7.43. The highest BCUT2D eigenvalue weighted by atomic mass is 32.1. The molecule has 1 aromatic carbocycles. The van der Waals surface area contributed by atoms with Gasteiger partial charge in [-0.1, -0.05) is 67.5 Å². The number of nitriles is 1. The molecule has 7 nitrogen and oxygen atoms in total. The Balaban J connectivity index is 0.000000516. The number of methoxy groups -OCH3 is 1. The van der Waals surface area contributed by atoms with Gasteiger partial charge in [0, 0.05) is 41.2 Å². The van der Waals surface area contributed by atoms with Gasteiger partial charge in [0.05, 0.1) is 22.9 Å². The molecule has 3 aliphatic rings. The number of aliphatic imine (C=N–C) groups is 1. The third kappa shape index (κ3) is 11.5. The number of hydrogen-bond donors (Lipinski definition) is 1. The first kappa shape index (κ1) is 47.3. The van der Waals surface area contributed by atoms with Gasteiger partial charge in [-0.05, 0) is 119 Å². The highest BCUT2D eigenvalue weighted by Crippen LogP contribution is 2.52. The summed E-state index contributed by atoms with van der Waals surface area (Å²) in [6.45, 7) is 29.4. The Hall–Kier alpha value is -4.07. The highest BCUT2D eigenvalue weighted by Gasteiger charge is 2.47. The summed E-state index contributed by atoms with van der Waals surface area (Å²) >= 11 is 1.20. The summed E-state index contributed by atoms with van der Waals surface area (Å²) in [6.07, 6.45) is 11.2. The molecule has 1 N–H and O–H groups in total. The maximum Gasteiger partial charge on any atom is 0.206 e. The highest BCUT2D eigenvalue weighted by molar-refractivity contribution is 7.19. The molecule has 57 heavy (non-hydrogen) atoms. The number of carbonyl (C=O) groups excluding carboxylic acids is 1. The molecule has 2 heterocycles. The lowest BCUT2D eigenvalue weighted by Crippen LogP contribution is -2.36. The zero-order chi connectivity index (χ0) is 42.8. The van der Waals surface area contributed by atoms with Crippen molar-refractivity contribution < 1.29 is 23.4 Å². The summed E-state index contributed by atoms with van der Waals surface area (Å²) in [4.78, 5) is 19.5. The van der Waals surface area contributed by atoms with E-state index in [2.05, 4.69) is 68.6 Å². The number of aliphatic hydroxyl groups is 1. The second-order valence-corrected chi connectivity index (χ2v) is 17.3. The number of aliphatic hydroxyl groups excluding tert-OH is 1. The molecule has 1 aliphatic heterocycles. The van der Waals surface area contributed by atoms with Crippen LogP contribution in [0.2, 0.25) is 0 Å². The largest absolute Gasteiger partial charge is 0.507 e. The molecule has 1 aromatic heterocycles. The maximum absolute atomic E-state index is 16.8. The number of nitrogens with zero attached hydrogens (tertiary/aromatic N) is 4. The summed E-state index contributed by atoms with van der Waals surface area (Å²) in [5, 5.41) is 21.9. The van der Waals surface area contributed by atoms with Crippen LogP contribution in [0.3, 0.4) is 0 Å². The normalized spacial score (nSPS) is 19.2. The smallest absolute Gasteiger partial charge is 0.206 e. The Labute approximate surface area is 345 Å². The van der Waals surface area contributed by atoms with Gasteiger partial charge in [-0.25, -0.2) is 13.8 Å². The number of ether oxygens (including phenoxy) is 1. The van der Waals surface area contributed by atoms with Crippen molar-refractivity contribution in [2.45, 2.75) is 119 Å². The standard InChI is InChI=1S/C35H45F2N3O2S.C8H15N.C4H6O/c1-11-20(5)13-16-28(19(3)4)40(9)22(7)25-17-29(41)31(32(37)33(25)39-23(8)42-10)24-14-15-27(36)35-30(24)26(18-38)34(43-35)21(6)12-2;1-2-9-6-5-8(7-9)3-4-8;1-3-4(2)5/h14-15,17,19-21,28,41H,8,11-13,16H2,1-7,9-10H3;2-7H2,1H3;3H,1H2,2H3/b25-22+,39-33+;;. The Morgan fingerprint density at radius 1 is 1.14 bits per heavy atom. The molecule has 3 unspecified atom stereocenters. The van der Waals surface area contributed by atoms with Crippen LogP contribution < -0.4 is 0 Å². The third-order valence-electron chi connectivity index (χ3n) is 12.0. The van der Waals surface area contributed by atoms with E-state index in [0.717, 1.165) is 41.7 Å². The van der Waals surface area contributed by atoms with E-state index in [4.69, 9.17) is 4.74 Å². The van der Waals surface area contributed by atoms with Gasteiger partial charge in [0.15, 0.2) is 11.6 Å². The van der Waals surface area contributed by atoms with Crippen LogP contribution >= 0.6 is 11.3 Å². The predicted molar refractivity (Wildman–Crippen MR) is 235 cm³/mol. The minimum atomic E-state index is -0.797. The van der Waals surface area contributed by atoms with Crippen LogP contribution in [0.4, 0.5) is 8.78 Å². The molecule has 2 aliphatic carbocycles. The van der Waals surface area contributed by atoms with E-state index in [-0.39, 0.29) is 50.9 Å². The summed E-state index contributed by atoms with van der Waals surface area (Å²) in [7, 11) is 3.39. The summed E-state index contributed by atoms with van der Waals surface area (Å²) in [6, 6.07) is 5.08. The van der Waals surface area contributed by atoms with Gasteiger partial charge < -0.3 is 19.6 Å². The Morgan fingerprint density at radius 2 is 1.79 bits per heavy atom. The second kappa shape index (κ2) is 21.1. The molecular weight excluding hydrogens is 739 g/mol. The van der Waals surface area contributed by atoms with Crippen molar-refractivity contribution in [2.24, 2.45) is 22.2 Å². The van der Waals surface area contributed by atoms with Crippen molar-refractivity contribution in [1.29, 1.82) is 5.26 Å². The Kier molecular flexibility index (Phi) is 17.5. The van der Waals surface area contributed by atoms with Crippen molar-refractivity contribution in [3.63, 3.8) is 0 Å². The summed E-state index contributed by atoms with van der Waals surface area (Å²) in [5.41, 5.74) is 2.34. The number of hydrogen-bond acceptors (Lipinski definition) is 8. The number of thiophene rings is 1. The quantitative estimate of drug-likeness (QED) is 0.151. The van der Waals surface area contributed by atoms with Crippen LogP contribution in [0.15, 0.2) is 71.2 Å². The first-order valence-electron chi connectivity index (χ1n) is 20.5. The molecule has 312 valence electrons. The van der Waals surface area contributed by atoms with Crippen LogP contribution in [0.25, 0.3) is 15.7 Å². The van der Waals surface area contributed by atoms with E-state index in [1.54, 1.807) is 0 Å². The van der Waals surface area contributed by atoms with Crippen LogP contribution in [0.1, 0.15) is 129 Å². The van der Waals surface area contributed by atoms with E-state index in [0.29, 0.717) is 28.4 Å². The van der Waals surface area contributed by atoms with E-state index >= 15 is 8.78 Å². The fraction of sp³-hybridized carbons (Fsp3) is 0.553. The van der Waals surface area contributed by atoms with Gasteiger partial charge in [0.1, 0.15) is 23.4 Å². The third-order valence-corrected chi connectivity index (χ3v) is 13.4. The van der Waals surface area contributed by atoms with Gasteiger partial charge >= 0.3 is 0 Å². The zero-order valence-corrected chi connectivity index (χ0v) is 37.1. The van der Waals surface area contributed by atoms with Gasteiger partial charge in [0.25, 0.3) is 0 Å². The first-order chi connectivity index (χ1) is 26.9. The van der Waals surface area contributed by atoms with Crippen LogP contribution in [-0.2, 0) is 9.53 Å². The van der Waals surface area contributed by atoms with E-state index in [9.17, 15) is 15.2 Å². The molecule has 0 amide bonds. The van der Waals surface area contributed by atoms with Crippen molar-refractivity contribution in [2.75, 3.05) is 33.8 Å². The molecule has 1 spiro atoms. The number of benzene rings is 1. The van der Waals surface area contributed by atoms with Crippen molar-refractivity contribution >= 4 is 38.5 Å². The lowest BCUT2D eigenvalue weighted by Gasteiger charge is -2.36. The maximum atomic E-state index is 16.8. The molecular formula is C47H66F2N4O3S. The molecule has 0 radical (unpaired) electrons. The first-order valence-corrected chi connectivity index (χ1v) is 21.3. The average molecular weight is 805 g/mol. The predicted octanol–water partition coefficient (Wildman–Crippen LogP) is 12.4. The molecule has 1 saturated heterocycles. The number of ketones is 1. The number of carbonyl (C=O) groups is 1. The summed E-state index contributed by atoms with van der Waals surface area (Å²) in [5.74, 6) is -0.664. The van der Waals surface area contributed by atoms with Crippen molar-refractivity contribution in [1.82, 2.24) is 9.80 Å².